The van der Waals surface area contributed by atoms with Gasteiger partial charge in [-0.05, 0) is 119 Å². The minimum Gasteiger partial charge on any atom is -0.490 e. The lowest BCUT2D eigenvalue weighted by Gasteiger charge is -2.64. The van der Waals surface area contributed by atoms with Gasteiger partial charge in [0, 0.05) is 24.7 Å². The van der Waals surface area contributed by atoms with Gasteiger partial charge in [0.05, 0.1) is 48.3 Å². The van der Waals surface area contributed by atoms with Gasteiger partial charge in [-0.2, -0.15) is 0 Å². The first-order valence-electron chi connectivity index (χ1n) is 21.0. The Morgan fingerprint density at radius 1 is 0.685 bits per heavy atom. The normalized spacial score (nSPS) is 55.0. The van der Waals surface area contributed by atoms with Crippen molar-refractivity contribution >= 4 is 0 Å². The SMILES string of the molecule is C=C1C=C([C@H]2CC[C@]3(O)[C@@H]4CC[C@@H]5C[C@@H](O[C@H]6C[C@H](O)[C@H](O[C@H]7C[C@H](O)[C@H](O[C@H]8C[C@H](O)[C@H](O)[C@@H](C)O8)[C@@H](C)O7)[C@@H](C)O6)CC[C@]5(C)[C@H]4CC[C@]23C)CO1. The van der Waals surface area contributed by atoms with Crippen molar-refractivity contribution in [3.8, 4) is 0 Å². The molecule has 12 nitrogen and oxygen atoms in total. The number of hydrogen-bond donors (Lipinski definition) is 5. The van der Waals surface area contributed by atoms with Gasteiger partial charge in [0.2, 0.25) is 0 Å². The summed E-state index contributed by atoms with van der Waals surface area (Å²) < 4.78 is 42.7. The fourth-order valence-corrected chi connectivity index (χ4v) is 12.9. The zero-order valence-corrected chi connectivity index (χ0v) is 32.9. The van der Waals surface area contributed by atoms with E-state index in [0.717, 1.165) is 63.5 Å². The molecule has 12 heteroatoms. The number of fused-ring (bicyclic) bond motifs is 5. The van der Waals surface area contributed by atoms with Crippen LogP contribution in [0.15, 0.2) is 24.0 Å². The van der Waals surface area contributed by atoms with Crippen molar-refractivity contribution in [1.29, 1.82) is 0 Å². The monoisotopic (exact) mass is 762 g/mol. The molecule has 8 aliphatic rings. The fourth-order valence-electron chi connectivity index (χ4n) is 12.9. The van der Waals surface area contributed by atoms with E-state index in [1.54, 1.807) is 13.8 Å². The van der Waals surface area contributed by atoms with Crippen molar-refractivity contribution in [2.45, 2.75) is 197 Å². The predicted octanol–water partition coefficient (Wildman–Crippen LogP) is 4.23. The first-order valence-corrected chi connectivity index (χ1v) is 21.0. The highest BCUT2D eigenvalue weighted by molar-refractivity contribution is 5.30. The standard InChI is InChI=1S/C42H66O12/c1-21-15-25(20-48-21)28-11-14-42(47)30-8-7-26-16-27(9-12-40(26,5)29(30)10-13-41(28,42)6)52-34-18-32(44)38(23(3)50-34)54-36-19-33(45)39(24(4)51-36)53-35-17-31(43)37(46)22(2)49-35/h15,22-24,26-39,43-47H,1,7-14,16-20H2,2-6H3/t22-,23-,24-,26-,27+,28-,29+,30-,31+,32+,33+,34+,35+,36+,37-,38-,39-,40+,41-,42+/m1/s1. The number of allylic oxidation sites excluding steroid dienone is 1. The van der Waals surface area contributed by atoms with Crippen LogP contribution in [0.2, 0.25) is 0 Å². The molecule has 0 radical (unpaired) electrons. The lowest BCUT2D eigenvalue weighted by Crippen LogP contribution is -2.62. The first-order chi connectivity index (χ1) is 25.6. The van der Waals surface area contributed by atoms with Gasteiger partial charge in [0.15, 0.2) is 18.9 Å². The molecule has 0 unspecified atom stereocenters. The van der Waals surface area contributed by atoms with Gasteiger partial charge in [0.1, 0.15) is 30.7 Å². The second kappa shape index (κ2) is 14.9. The summed E-state index contributed by atoms with van der Waals surface area (Å²) in [6.07, 6.45) is 3.03. The summed E-state index contributed by atoms with van der Waals surface area (Å²) in [6, 6.07) is 0. The van der Waals surface area contributed by atoms with Gasteiger partial charge >= 0.3 is 0 Å². The molecule has 4 aliphatic carbocycles. The number of aliphatic hydroxyl groups excluding tert-OH is 4. The van der Waals surface area contributed by atoms with E-state index in [0.29, 0.717) is 30.3 Å². The van der Waals surface area contributed by atoms with Gasteiger partial charge < -0.3 is 58.7 Å². The topological polar surface area (TPSA) is 166 Å². The highest BCUT2D eigenvalue weighted by atomic mass is 16.7. The Morgan fingerprint density at radius 2 is 1.30 bits per heavy atom. The molecule has 20 atom stereocenters. The number of hydrogen-bond acceptors (Lipinski definition) is 12. The first kappa shape index (κ1) is 39.7. The molecule has 0 amide bonds. The third-order valence-electron chi connectivity index (χ3n) is 15.9. The van der Waals surface area contributed by atoms with Gasteiger partial charge in [-0.1, -0.05) is 20.4 Å². The van der Waals surface area contributed by atoms with Crippen molar-refractivity contribution < 1.29 is 58.7 Å². The zero-order valence-electron chi connectivity index (χ0n) is 32.9. The van der Waals surface area contributed by atoms with Gasteiger partial charge in [-0.25, -0.2) is 0 Å². The quantitative estimate of drug-likeness (QED) is 0.235. The fraction of sp³-hybridized carbons (Fsp3) is 0.905. The van der Waals surface area contributed by atoms with Crippen molar-refractivity contribution in [1.82, 2.24) is 0 Å². The summed E-state index contributed by atoms with van der Waals surface area (Å²) in [7, 11) is 0. The lowest BCUT2D eigenvalue weighted by molar-refractivity contribution is -0.336. The van der Waals surface area contributed by atoms with Crippen molar-refractivity contribution in [2.24, 2.45) is 34.5 Å². The zero-order chi connectivity index (χ0) is 38.3. The number of aliphatic hydroxyl groups is 5. The van der Waals surface area contributed by atoms with E-state index < -0.39 is 79.4 Å². The maximum absolute atomic E-state index is 12.6. The summed E-state index contributed by atoms with van der Waals surface area (Å²) >= 11 is 0. The molecule has 3 saturated heterocycles. The van der Waals surface area contributed by atoms with Crippen LogP contribution in [0, 0.1) is 34.5 Å². The van der Waals surface area contributed by atoms with Crippen molar-refractivity contribution in [3.05, 3.63) is 24.0 Å². The van der Waals surface area contributed by atoms with Crippen LogP contribution >= 0.6 is 0 Å². The highest BCUT2D eigenvalue weighted by Crippen LogP contribution is 2.70. The smallest absolute Gasteiger partial charge is 0.161 e. The molecule has 5 N–H and O–H groups in total. The van der Waals surface area contributed by atoms with Crippen LogP contribution in [0.4, 0.5) is 0 Å². The van der Waals surface area contributed by atoms with E-state index in [1.807, 2.05) is 6.92 Å². The molecule has 0 spiro atoms. The van der Waals surface area contributed by atoms with Crippen LogP contribution < -0.4 is 0 Å². The van der Waals surface area contributed by atoms with Crippen LogP contribution in [0.3, 0.4) is 0 Å². The molecule has 7 fully saturated rings. The van der Waals surface area contributed by atoms with Gasteiger partial charge in [0.25, 0.3) is 0 Å². The molecule has 54 heavy (non-hydrogen) atoms. The Labute approximate surface area is 320 Å². The molecule has 4 saturated carbocycles. The maximum atomic E-state index is 12.6. The molecule has 4 aliphatic heterocycles. The average molecular weight is 763 g/mol. The summed E-state index contributed by atoms with van der Waals surface area (Å²) in [5, 5.41) is 55.1. The average Bonchev–Trinajstić information content (AvgIpc) is 3.66. The van der Waals surface area contributed by atoms with E-state index in [4.69, 9.17) is 33.2 Å². The predicted molar refractivity (Wildman–Crippen MR) is 195 cm³/mol. The molecule has 8 rings (SSSR count). The van der Waals surface area contributed by atoms with E-state index in [2.05, 4.69) is 26.5 Å². The Bertz CT molecular complexity index is 1370. The van der Waals surface area contributed by atoms with Crippen LogP contribution in [0.25, 0.3) is 0 Å². The molecule has 0 aromatic rings. The van der Waals surface area contributed by atoms with E-state index in [-0.39, 0.29) is 36.2 Å². The Balaban J connectivity index is 0.826. The van der Waals surface area contributed by atoms with Crippen molar-refractivity contribution in [2.75, 3.05) is 6.61 Å². The number of rotatable bonds is 7. The summed E-state index contributed by atoms with van der Waals surface area (Å²) in [5.74, 6) is 2.44. The maximum Gasteiger partial charge on any atom is 0.161 e. The largest absolute Gasteiger partial charge is 0.490 e. The summed E-state index contributed by atoms with van der Waals surface area (Å²) in [6.45, 7) is 14.8. The molecule has 0 aromatic heterocycles. The Morgan fingerprint density at radius 3 is 1.89 bits per heavy atom. The van der Waals surface area contributed by atoms with Crippen LogP contribution in [-0.4, -0.2) is 118 Å². The third kappa shape index (κ3) is 6.84. The second-order valence-electron chi connectivity index (χ2n) is 18.9. The highest BCUT2D eigenvalue weighted by Gasteiger charge is 2.67. The molecular formula is C42H66O12. The van der Waals surface area contributed by atoms with Gasteiger partial charge in [-0.15, -0.1) is 0 Å². The van der Waals surface area contributed by atoms with E-state index >= 15 is 0 Å². The lowest BCUT2D eigenvalue weighted by atomic mass is 9.43. The molecule has 306 valence electrons. The Hall–Kier alpha value is -1.16. The third-order valence-corrected chi connectivity index (χ3v) is 15.9. The van der Waals surface area contributed by atoms with Crippen LogP contribution in [-0.2, 0) is 33.2 Å². The van der Waals surface area contributed by atoms with E-state index in [1.165, 1.54) is 5.57 Å². The minimum atomic E-state index is -0.991. The summed E-state index contributed by atoms with van der Waals surface area (Å²) in [4.78, 5) is 0. The number of ether oxygens (including phenoxy) is 7. The Kier molecular flexibility index (Phi) is 10.9. The van der Waals surface area contributed by atoms with Crippen LogP contribution in [0.1, 0.15) is 112 Å². The summed E-state index contributed by atoms with van der Waals surface area (Å²) in [5.41, 5.74) is 0.698. The molecule has 4 heterocycles. The van der Waals surface area contributed by atoms with Crippen LogP contribution in [0.5, 0.6) is 0 Å². The minimum absolute atomic E-state index is 0.0480. The molecule has 0 aromatic carbocycles. The molecular weight excluding hydrogens is 696 g/mol. The molecule has 0 bridgehead atoms. The van der Waals surface area contributed by atoms with Crippen molar-refractivity contribution in [3.63, 3.8) is 0 Å². The van der Waals surface area contributed by atoms with Gasteiger partial charge in [-0.3, -0.25) is 0 Å². The van der Waals surface area contributed by atoms with E-state index in [9.17, 15) is 25.5 Å². The second-order valence-corrected chi connectivity index (χ2v) is 18.9.